The van der Waals surface area contributed by atoms with Gasteiger partial charge in [0.05, 0.1) is 18.0 Å². The zero-order valence-corrected chi connectivity index (χ0v) is 13.0. The summed E-state index contributed by atoms with van der Waals surface area (Å²) < 4.78 is 5.49. The Bertz CT molecular complexity index is 441. The summed E-state index contributed by atoms with van der Waals surface area (Å²) in [5.41, 5.74) is 1.50. The topological polar surface area (TPSA) is 54.5 Å². The molecule has 0 saturated carbocycles. The summed E-state index contributed by atoms with van der Waals surface area (Å²) in [6.45, 7) is 4.55. The second kappa shape index (κ2) is 7.98. The largest absolute Gasteiger partial charge is 0.376 e. The minimum Gasteiger partial charge on any atom is -0.376 e. The number of unbranched alkanes of at least 4 members (excludes halogenated alkanes) is 1. The lowest BCUT2D eigenvalue weighted by atomic mass is 10.2. The van der Waals surface area contributed by atoms with Crippen LogP contribution in [0.1, 0.15) is 43.1 Å². The van der Waals surface area contributed by atoms with E-state index < -0.39 is 0 Å². The number of ether oxygens (including phenoxy) is 1. The Morgan fingerprint density at radius 2 is 2.38 bits per heavy atom. The zero-order valence-electron chi connectivity index (χ0n) is 13.0. The van der Waals surface area contributed by atoms with E-state index in [9.17, 15) is 4.79 Å². The molecule has 1 aliphatic rings. The maximum atomic E-state index is 12.0. The van der Waals surface area contributed by atoms with Crippen LogP contribution in [0.2, 0.25) is 0 Å². The number of anilines is 1. The molecule has 1 saturated heterocycles. The second-order valence-electron chi connectivity index (χ2n) is 5.52. The number of nitrogens with zero attached hydrogens (tertiary/aromatic N) is 2. The number of amides is 1. The smallest absolute Gasteiger partial charge is 0.269 e. The number of hydrogen-bond acceptors (Lipinski definition) is 4. The Morgan fingerprint density at radius 3 is 3.00 bits per heavy atom. The number of aromatic nitrogens is 1. The van der Waals surface area contributed by atoms with E-state index >= 15 is 0 Å². The molecule has 1 N–H and O–H groups in total. The number of pyridine rings is 1. The van der Waals surface area contributed by atoms with Gasteiger partial charge >= 0.3 is 0 Å². The maximum absolute atomic E-state index is 12.0. The number of carbonyl (C=O) groups excluding carboxylic acids is 1. The van der Waals surface area contributed by atoms with Crippen molar-refractivity contribution >= 4 is 11.6 Å². The van der Waals surface area contributed by atoms with E-state index in [0.717, 1.165) is 38.1 Å². The average Bonchev–Trinajstić information content (AvgIpc) is 3.04. The summed E-state index contributed by atoms with van der Waals surface area (Å²) >= 11 is 0. The number of carbonyl (C=O) groups is 1. The van der Waals surface area contributed by atoms with Gasteiger partial charge in [-0.05, 0) is 31.4 Å². The monoisotopic (exact) mass is 291 g/mol. The van der Waals surface area contributed by atoms with Gasteiger partial charge in [-0.1, -0.05) is 13.3 Å². The summed E-state index contributed by atoms with van der Waals surface area (Å²) in [5.74, 6) is -0.131. The predicted octanol–water partition coefficient (Wildman–Crippen LogP) is 2.23. The first-order valence-electron chi connectivity index (χ1n) is 7.77. The van der Waals surface area contributed by atoms with Gasteiger partial charge < -0.3 is 15.0 Å². The van der Waals surface area contributed by atoms with Crippen LogP contribution in [0.4, 0.5) is 5.69 Å². The molecule has 116 valence electrons. The van der Waals surface area contributed by atoms with Crippen LogP contribution in [0.15, 0.2) is 18.3 Å². The Hall–Kier alpha value is -1.62. The van der Waals surface area contributed by atoms with E-state index in [1.807, 2.05) is 13.1 Å². The fourth-order valence-electron chi connectivity index (χ4n) is 2.37. The first-order valence-corrected chi connectivity index (χ1v) is 7.77. The van der Waals surface area contributed by atoms with Crippen LogP contribution in [-0.4, -0.2) is 43.7 Å². The van der Waals surface area contributed by atoms with Gasteiger partial charge in [0, 0.05) is 26.7 Å². The Balaban J connectivity index is 1.84. The fourth-order valence-corrected chi connectivity index (χ4v) is 2.37. The van der Waals surface area contributed by atoms with E-state index in [1.165, 1.54) is 6.42 Å². The highest BCUT2D eigenvalue weighted by molar-refractivity contribution is 5.92. The van der Waals surface area contributed by atoms with E-state index in [1.54, 1.807) is 12.3 Å². The molecular weight excluding hydrogens is 266 g/mol. The molecule has 1 aromatic rings. The lowest BCUT2D eigenvalue weighted by molar-refractivity contribution is 0.0854. The van der Waals surface area contributed by atoms with Crippen LogP contribution in [0, 0.1) is 0 Å². The molecule has 1 aliphatic heterocycles. The summed E-state index contributed by atoms with van der Waals surface area (Å²) in [7, 11) is 2.05. The van der Waals surface area contributed by atoms with Crippen molar-refractivity contribution in [3.63, 3.8) is 0 Å². The Morgan fingerprint density at radius 1 is 1.52 bits per heavy atom. The summed E-state index contributed by atoms with van der Waals surface area (Å²) in [6, 6.07) is 3.73. The normalized spacial score (nSPS) is 17.7. The maximum Gasteiger partial charge on any atom is 0.269 e. The van der Waals surface area contributed by atoms with Gasteiger partial charge in [0.2, 0.25) is 0 Å². The third-order valence-corrected chi connectivity index (χ3v) is 3.78. The van der Waals surface area contributed by atoms with Crippen molar-refractivity contribution < 1.29 is 9.53 Å². The van der Waals surface area contributed by atoms with Crippen LogP contribution in [-0.2, 0) is 4.74 Å². The van der Waals surface area contributed by atoms with Gasteiger partial charge in [0.25, 0.3) is 5.91 Å². The number of rotatable bonds is 7. The van der Waals surface area contributed by atoms with Crippen molar-refractivity contribution in [1.29, 1.82) is 0 Å². The third-order valence-electron chi connectivity index (χ3n) is 3.78. The van der Waals surface area contributed by atoms with Crippen molar-refractivity contribution in [2.45, 2.75) is 38.7 Å². The van der Waals surface area contributed by atoms with Crippen LogP contribution >= 0.6 is 0 Å². The summed E-state index contributed by atoms with van der Waals surface area (Å²) in [5, 5.41) is 2.88. The van der Waals surface area contributed by atoms with Crippen molar-refractivity contribution in [1.82, 2.24) is 10.3 Å². The molecule has 1 amide bonds. The fraction of sp³-hybridized carbons (Fsp3) is 0.625. The third kappa shape index (κ3) is 4.70. The lowest BCUT2D eigenvalue weighted by Crippen LogP contribution is -2.32. The predicted molar refractivity (Wildman–Crippen MR) is 83.7 cm³/mol. The molecule has 1 aromatic heterocycles. The number of nitrogens with one attached hydrogen (secondary N) is 1. The van der Waals surface area contributed by atoms with Crippen molar-refractivity contribution in [3.05, 3.63) is 24.0 Å². The molecule has 2 heterocycles. The first-order chi connectivity index (χ1) is 10.2. The van der Waals surface area contributed by atoms with E-state index in [-0.39, 0.29) is 12.0 Å². The first kappa shape index (κ1) is 15.8. The zero-order chi connectivity index (χ0) is 15.1. The molecule has 0 spiro atoms. The second-order valence-corrected chi connectivity index (χ2v) is 5.52. The van der Waals surface area contributed by atoms with E-state index in [4.69, 9.17) is 4.74 Å². The molecule has 1 unspecified atom stereocenters. The molecule has 21 heavy (non-hydrogen) atoms. The van der Waals surface area contributed by atoms with Gasteiger partial charge in [-0.3, -0.25) is 4.79 Å². The SMILES string of the molecule is CCCCN(C)c1ccc(C(=O)NCC2CCCO2)nc1. The van der Waals surface area contributed by atoms with E-state index in [0.29, 0.717) is 12.2 Å². The van der Waals surface area contributed by atoms with Crippen LogP contribution in [0.25, 0.3) is 0 Å². The molecule has 1 fully saturated rings. The lowest BCUT2D eigenvalue weighted by Gasteiger charge is -2.18. The Kier molecular flexibility index (Phi) is 5.99. The number of hydrogen-bond donors (Lipinski definition) is 1. The van der Waals surface area contributed by atoms with Gasteiger partial charge in [-0.2, -0.15) is 0 Å². The highest BCUT2D eigenvalue weighted by Gasteiger charge is 2.17. The molecule has 0 aromatic carbocycles. The van der Waals surface area contributed by atoms with Crippen molar-refractivity contribution in [3.8, 4) is 0 Å². The van der Waals surface area contributed by atoms with Crippen LogP contribution < -0.4 is 10.2 Å². The molecule has 0 radical (unpaired) electrons. The van der Waals surface area contributed by atoms with Crippen LogP contribution in [0.3, 0.4) is 0 Å². The standard InChI is InChI=1S/C16H25N3O2/c1-3-4-9-19(2)13-7-8-15(17-11-13)16(20)18-12-14-6-5-10-21-14/h7-8,11,14H,3-6,9-10,12H2,1-2H3,(H,18,20). The molecule has 2 rings (SSSR count). The Labute approximate surface area is 126 Å². The van der Waals surface area contributed by atoms with Gasteiger partial charge in [0.15, 0.2) is 0 Å². The highest BCUT2D eigenvalue weighted by Crippen LogP contribution is 2.13. The molecule has 0 aliphatic carbocycles. The minimum absolute atomic E-state index is 0.131. The van der Waals surface area contributed by atoms with Gasteiger partial charge in [-0.15, -0.1) is 0 Å². The van der Waals surface area contributed by atoms with Gasteiger partial charge in [-0.25, -0.2) is 4.98 Å². The van der Waals surface area contributed by atoms with Crippen LogP contribution in [0.5, 0.6) is 0 Å². The molecule has 5 heteroatoms. The molecule has 1 atom stereocenters. The van der Waals surface area contributed by atoms with Gasteiger partial charge in [0.1, 0.15) is 5.69 Å². The molecule has 5 nitrogen and oxygen atoms in total. The van der Waals surface area contributed by atoms with Crippen molar-refractivity contribution in [2.75, 3.05) is 31.6 Å². The molecule has 0 bridgehead atoms. The van der Waals surface area contributed by atoms with Crippen molar-refractivity contribution in [2.24, 2.45) is 0 Å². The van der Waals surface area contributed by atoms with E-state index in [2.05, 4.69) is 22.1 Å². The quantitative estimate of drug-likeness (QED) is 0.837. The molecular formula is C16H25N3O2. The average molecular weight is 291 g/mol. The summed E-state index contributed by atoms with van der Waals surface area (Å²) in [6.07, 6.45) is 6.35. The summed E-state index contributed by atoms with van der Waals surface area (Å²) in [4.78, 5) is 18.4. The minimum atomic E-state index is -0.131. The highest BCUT2D eigenvalue weighted by atomic mass is 16.5.